The average molecular weight is 394 g/mol. The molecule has 1 saturated heterocycles. The Bertz CT molecular complexity index is 886. The maximum atomic E-state index is 12.5. The van der Waals surface area contributed by atoms with Crippen molar-refractivity contribution >= 4 is 52.1 Å². The van der Waals surface area contributed by atoms with Crippen molar-refractivity contribution in [3.05, 3.63) is 62.6 Å². The van der Waals surface area contributed by atoms with Crippen LogP contribution in [0, 0.1) is 16.0 Å². The van der Waals surface area contributed by atoms with E-state index in [4.69, 9.17) is 23.2 Å². The summed E-state index contributed by atoms with van der Waals surface area (Å²) in [4.78, 5) is 36.7. The first kappa shape index (κ1) is 18.2. The summed E-state index contributed by atoms with van der Waals surface area (Å²) in [5.41, 5.74) is 0.388. The molecule has 2 aromatic rings. The third-order valence-corrected chi connectivity index (χ3v) is 4.54. The molecule has 1 atom stereocenters. The minimum absolute atomic E-state index is 0.0237. The summed E-state index contributed by atoms with van der Waals surface area (Å²) < 4.78 is 0. The quantitative estimate of drug-likeness (QED) is 0.629. The molecule has 1 aliphatic heterocycles. The maximum Gasteiger partial charge on any atom is 0.294 e. The highest BCUT2D eigenvalue weighted by molar-refractivity contribution is 6.31. The molecule has 1 aliphatic rings. The average Bonchev–Trinajstić information content (AvgIpc) is 2.99. The molecule has 2 aromatic carbocycles. The zero-order valence-electron chi connectivity index (χ0n) is 13.3. The number of hydrogen-bond acceptors (Lipinski definition) is 4. The third-order valence-electron chi connectivity index (χ3n) is 4.05. The number of benzene rings is 2. The monoisotopic (exact) mass is 393 g/mol. The number of nitro benzene ring substituents is 1. The van der Waals surface area contributed by atoms with Crippen LogP contribution in [0.15, 0.2) is 42.5 Å². The Kier molecular flexibility index (Phi) is 5.11. The van der Waals surface area contributed by atoms with E-state index >= 15 is 0 Å². The zero-order valence-corrected chi connectivity index (χ0v) is 14.8. The van der Waals surface area contributed by atoms with Crippen molar-refractivity contribution in [2.45, 2.75) is 6.42 Å². The van der Waals surface area contributed by atoms with E-state index in [1.165, 1.54) is 17.0 Å². The predicted molar refractivity (Wildman–Crippen MR) is 98.6 cm³/mol. The molecule has 1 fully saturated rings. The first-order chi connectivity index (χ1) is 12.3. The van der Waals surface area contributed by atoms with Gasteiger partial charge in [-0.15, -0.1) is 0 Å². The van der Waals surface area contributed by atoms with Gasteiger partial charge in [0.1, 0.15) is 5.69 Å². The Morgan fingerprint density at radius 2 is 1.81 bits per heavy atom. The van der Waals surface area contributed by atoms with E-state index < -0.39 is 16.7 Å². The fraction of sp³-hybridized carbons (Fsp3) is 0.176. The lowest BCUT2D eigenvalue weighted by Gasteiger charge is -2.16. The van der Waals surface area contributed by atoms with Gasteiger partial charge in [-0.25, -0.2) is 0 Å². The van der Waals surface area contributed by atoms with Crippen molar-refractivity contribution in [2.24, 2.45) is 5.92 Å². The van der Waals surface area contributed by atoms with Gasteiger partial charge in [0.15, 0.2) is 0 Å². The Labute approximate surface area is 158 Å². The van der Waals surface area contributed by atoms with Crippen LogP contribution in [-0.2, 0) is 9.59 Å². The van der Waals surface area contributed by atoms with Crippen LogP contribution in [0.4, 0.5) is 17.1 Å². The van der Waals surface area contributed by atoms with Gasteiger partial charge < -0.3 is 10.2 Å². The molecule has 2 amide bonds. The summed E-state index contributed by atoms with van der Waals surface area (Å²) in [6.07, 6.45) is 0.0237. The molecular weight excluding hydrogens is 381 g/mol. The molecule has 0 radical (unpaired) electrons. The van der Waals surface area contributed by atoms with E-state index in [1.807, 2.05) is 0 Å². The highest BCUT2D eigenvalue weighted by Crippen LogP contribution is 2.30. The van der Waals surface area contributed by atoms with Gasteiger partial charge in [0, 0.05) is 34.8 Å². The van der Waals surface area contributed by atoms with E-state index in [2.05, 4.69) is 5.32 Å². The Balaban J connectivity index is 1.75. The van der Waals surface area contributed by atoms with Crippen LogP contribution in [0.3, 0.4) is 0 Å². The highest BCUT2D eigenvalue weighted by Gasteiger charge is 2.35. The molecule has 0 saturated carbocycles. The Hall–Kier alpha value is -2.64. The van der Waals surface area contributed by atoms with Gasteiger partial charge in [0.25, 0.3) is 5.69 Å². The van der Waals surface area contributed by atoms with E-state index in [1.54, 1.807) is 24.3 Å². The second kappa shape index (κ2) is 7.31. The molecule has 134 valence electrons. The van der Waals surface area contributed by atoms with E-state index in [-0.39, 0.29) is 35.3 Å². The van der Waals surface area contributed by atoms with Crippen LogP contribution in [0.1, 0.15) is 6.42 Å². The van der Waals surface area contributed by atoms with Crippen molar-refractivity contribution in [2.75, 3.05) is 16.8 Å². The molecule has 0 aromatic heterocycles. The number of amides is 2. The fourth-order valence-corrected chi connectivity index (χ4v) is 3.04. The predicted octanol–water partition coefficient (Wildman–Crippen LogP) is 3.89. The van der Waals surface area contributed by atoms with Crippen LogP contribution in [-0.4, -0.2) is 23.3 Å². The largest absolute Gasteiger partial charge is 0.320 e. The number of nitro groups is 1. The summed E-state index contributed by atoms with van der Waals surface area (Å²) in [7, 11) is 0. The molecule has 1 unspecified atom stereocenters. The molecule has 0 aliphatic carbocycles. The van der Waals surface area contributed by atoms with Crippen molar-refractivity contribution in [3.63, 3.8) is 0 Å². The third kappa shape index (κ3) is 3.79. The van der Waals surface area contributed by atoms with Crippen molar-refractivity contribution in [3.8, 4) is 0 Å². The highest BCUT2D eigenvalue weighted by atomic mass is 35.5. The fourth-order valence-electron chi connectivity index (χ4n) is 2.75. The van der Waals surface area contributed by atoms with E-state index in [0.717, 1.165) is 6.07 Å². The number of rotatable bonds is 4. The summed E-state index contributed by atoms with van der Waals surface area (Å²) >= 11 is 11.6. The normalized spacial score (nSPS) is 16.6. The Morgan fingerprint density at radius 1 is 1.15 bits per heavy atom. The van der Waals surface area contributed by atoms with Gasteiger partial charge in [-0.3, -0.25) is 19.7 Å². The number of carbonyl (C=O) groups excluding carboxylic acids is 2. The van der Waals surface area contributed by atoms with Gasteiger partial charge in [-0.2, -0.15) is 0 Å². The lowest BCUT2D eigenvalue weighted by Crippen LogP contribution is -2.28. The summed E-state index contributed by atoms with van der Waals surface area (Å²) in [6.45, 7) is 0.188. The minimum atomic E-state index is -0.624. The van der Waals surface area contributed by atoms with Crippen LogP contribution in [0.5, 0.6) is 0 Å². The molecule has 7 nitrogen and oxygen atoms in total. The van der Waals surface area contributed by atoms with Crippen LogP contribution >= 0.6 is 23.2 Å². The SMILES string of the molecule is O=C(Nc1ccc(Cl)cc1[N+](=O)[O-])C1CC(=O)N(c2ccc(Cl)cc2)C1. The van der Waals surface area contributed by atoms with Crippen molar-refractivity contribution in [1.29, 1.82) is 0 Å². The maximum absolute atomic E-state index is 12.5. The van der Waals surface area contributed by atoms with Crippen molar-refractivity contribution in [1.82, 2.24) is 0 Å². The van der Waals surface area contributed by atoms with Gasteiger partial charge in [-0.05, 0) is 36.4 Å². The second-order valence-corrected chi connectivity index (χ2v) is 6.66. The number of halogens is 2. The summed E-state index contributed by atoms with van der Waals surface area (Å²) in [6, 6.07) is 10.7. The standard InChI is InChI=1S/C17H13Cl2N3O4/c18-11-1-4-13(5-2-11)21-9-10(7-16(21)23)17(24)20-14-6-3-12(19)8-15(14)22(25)26/h1-6,8,10H,7,9H2,(H,20,24). The molecule has 26 heavy (non-hydrogen) atoms. The number of hydrogen-bond donors (Lipinski definition) is 1. The van der Waals surface area contributed by atoms with E-state index in [9.17, 15) is 19.7 Å². The number of carbonyl (C=O) groups is 2. The number of nitrogens with zero attached hydrogens (tertiary/aromatic N) is 2. The summed E-state index contributed by atoms with van der Waals surface area (Å²) in [5.74, 6) is -1.27. The lowest BCUT2D eigenvalue weighted by molar-refractivity contribution is -0.383. The van der Waals surface area contributed by atoms with Gasteiger partial charge >= 0.3 is 0 Å². The second-order valence-electron chi connectivity index (χ2n) is 5.79. The van der Waals surface area contributed by atoms with Crippen LogP contribution in [0.2, 0.25) is 10.0 Å². The van der Waals surface area contributed by atoms with Crippen LogP contribution < -0.4 is 10.2 Å². The smallest absolute Gasteiger partial charge is 0.294 e. The van der Waals surface area contributed by atoms with Gasteiger partial charge in [-0.1, -0.05) is 23.2 Å². The molecule has 1 heterocycles. The minimum Gasteiger partial charge on any atom is -0.320 e. The molecule has 0 bridgehead atoms. The van der Waals surface area contributed by atoms with Gasteiger partial charge in [0.2, 0.25) is 11.8 Å². The van der Waals surface area contributed by atoms with Crippen LogP contribution in [0.25, 0.3) is 0 Å². The molecular formula is C17H13Cl2N3O4. The van der Waals surface area contributed by atoms with Crippen molar-refractivity contribution < 1.29 is 14.5 Å². The molecule has 1 N–H and O–H groups in total. The lowest BCUT2D eigenvalue weighted by atomic mass is 10.1. The van der Waals surface area contributed by atoms with E-state index in [0.29, 0.717) is 10.7 Å². The molecule has 3 rings (SSSR count). The topological polar surface area (TPSA) is 92.5 Å². The first-order valence-corrected chi connectivity index (χ1v) is 8.41. The number of nitrogens with one attached hydrogen (secondary N) is 1. The Morgan fingerprint density at radius 3 is 2.46 bits per heavy atom. The zero-order chi connectivity index (χ0) is 18.8. The molecule has 0 spiro atoms. The summed E-state index contributed by atoms with van der Waals surface area (Å²) in [5, 5.41) is 14.4. The van der Waals surface area contributed by atoms with Gasteiger partial charge in [0.05, 0.1) is 10.8 Å². The molecule has 9 heteroatoms. The first-order valence-electron chi connectivity index (χ1n) is 7.66. The number of anilines is 2.